The van der Waals surface area contributed by atoms with Crippen LogP contribution in [0.25, 0.3) is 0 Å². The van der Waals surface area contributed by atoms with E-state index in [2.05, 4.69) is 26.8 Å². The summed E-state index contributed by atoms with van der Waals surface area (Å²) in [5.41, 5.74) is 1.40. The Hall–Kier alpha value is -0.340. The van der Waals surface area contributed by atoms with Crippen molar-refractivity contribution in [1.82, 2.24) is 0 Å². The first-order valence-corrected chi connectivity index (χ1v) is 6.93. The van der Waals surface area contributed by atoms with E-state index < -0.39 is 0 Å². The van der Waals surface area contributed by atoms with Crippen LogP contribution < -0.4 is 0 Å². The number of aliphatic hydroxyl groups excluding tert-OH is 2. The maximum Gasteiger partial charge on any atom is 0.0642 e. The van der Waals surface area contributed by atoms with E-state index in [0.29, 0.717) is 17.8 Å². The average Bonchev–Trinajstić information content (AvgIpc) is 2.64. The van der Waals surface area contributed by atoms with Crippen molar-refractivity contribution in [1.29, 1.82) is 0 Å². The quantitative estimate of drug-likeness (QED) is 0.739. The normalized spacial score (nSPS) is 39.9. The van der Waals surface area contributed by atoms with E-state index in [0.717, 1.165) is 23.3 Å². The van der Waals surface area contributed by atoms with Crippen molar-refractivity contribution in [2.45, 2.75) is 40.0 Å². The Morgan fingerprint density at radius 3 is 2.59 bits per heavy atom. The Labute approximate surface area is 105 Å². The number of hydrogen-bond donors (Lipinski definition) is 2. The third-order valence-corrected chi connectivity index (χ3v) is 5.34. The standard InChI is InChI=1S/C15H26O2/c1-10-4-5-12-14(10)13(15(12,2)3)8-11(9-17)6-7-16/h8,10,12-14,16-17H,4-7,9H2,1-3H3/b11-8+/t10-,12-,13-,14+/m0/s1. The summed E-state index contributed by atoms with van der Waals surface area (Å²) in [7, 11) is 0. The van der Waals surface area contributed by atoms with Gasteiger partial charge in [0.2, 0.25) is 0 Å². The summed E-state index contributed by atoms with van der Waals surface area (Å²) in [5.74, 6) is 3.10. The number of allylic oxidation sites excluding steroid dienone is 1. The fourth-order valence-electron chi connectivity index (χ4n) is 4.26. The molecule has 2 N–H and O–H groups in total. The summed E-state index contributed by atoms with van der Waals surface area (Å²) in [6.45, 7) is 7.33. The highest BCUT2D eigenvalue weighted by Crippen LogP contribution is 2.65. The molecular formula is C15H26O2. The molecule has 0 radical (unpaired) electrons. The maximum absolute atomic E-state index is 9.32. The molecular weight excluding hydrogens is 212 g/mol. The van der Waals surface area contributed by atoms with Gasteiger partial charge in [0.1, 0.15) is 0 Å². The van der Waals surface area contributed by atoms with Crippen molar-refractivity contribution < 1.29 is 10.2 Å². The van der Waals surface area contributed by atoms with Crippen molar-refractivity contribution >= 4 is 0 Å². The van der Waals surface area contributed by atoms with Crippen LogP contribution in [-0.4, -0.2) is 23.4 Å². The molecule has 0 spiro atoms. The number of hydrogen-bond acceptors (Lipinski definition) is 2. The summed E-state index contributed by atoms with van der Waals surface area (Å²) in [6, 6.07) is 0. The molecule has 0 bridgehead atoms. The molecule has 0 amide bonds. The lowest BCUT2D eigenvalue weighted by atomic mass is 9.48. The Balaban J connectivity index is 2.14. The molecule has 0 aromatic rings. The number of aliphatic hydroxyl groups is 2. The zero-order valence-corrected chi connectivity index (χ0v) is 11.3. The second-order valence-electron chi connectivity index (χ2n) is 6.54. The molecule has 17 heavy (non-hydrogen) atoms. The van der Waals surface area contributed by atoms with Crippen LogP contribution in [0.2, 0.25) is 0 Å². The minimum Gasteiger partial charge on any atom is -0.396 e. The lowest BCUT2D eigenvalue weighted by Gasteiger charge is -2.57. The lowest BCUT2D eigenvalue weighted by molar-refractivity contribution is -0.0631. The van der Waals surface area contributed by atoms with Crippen LogP contribution in [-0.2, 0) is 0 Å². The first-order chi connectivity index (χ1) is 8.02. The van der Waals surface area contributed by atoms with Gasteiger partial charge in [0.05, 0.1) is 6.61 Å². The predicted octanol–water partition coefficient (Wildman–Crippen LogP) is 2.61. The first-order valence-electron chi connectivity index (χ1n) is 6.93. The smallest absolute Gasteiger partial charge is 0.0642 e. The summed E-state index contributed by atoms with van der Waals surface area (Å²) < 4.78 is 0. The topological polar surface area (TPSA) is 40.5 Å². The molecule has 0 aromatic heterocycles. The number of rotatable bonds is 4. The molecule has 2 heteroatoms. The Morgan fingerprint density at radius 2 is 2.00 bits per heavy atom. The molecule has 2 aliphatic rings. The van der Waals surface area contributed by atoms with Crippen LogP contribution in [0.1, 0.15) is 40.0 Å². The molecule has 2 nitrogen and oxygen atoms in total. The zero-order valence-electron chi connectivity index (χ0n) is 11.3. The van der Waals surface area contributed by atoms with Crippen molar-refractivity contribution in [2.75, 3.05) is 13.2 Å². The van der Waals surface area contributed by atoms with E-state index in [1.54, 1.807) is 0 Å². The summed E-state index contributed by atoms with van der Waals surface area (Å²) >= 11 is 0. The third kappa shape index (κ3) is 2.06. The molecule has 0 unspecified atom stereocenters. The third-order valence-electron chi connectivity index (χ3n) is 5.34. The highest BCUT2D eigenvalue weighted by molar-refractivity contribution is 5.18. The van der Waals surface area contributed by atoms with E-state index in [4.69, 9.17) is 5.11 Å². The SMILES string of the molecule is C[C@H]1CC[C@H]2[C@@H]1[C@H](/C=C(/CO)CCO)C2(C)C. The highest BCUT2D eigenvalue weighted by atomic mass is 16.3. The van der Waals surface area contributed by atoms with E-state index in [-0.39, 0.29) is 13.2 Å². The van der Waals surface area contributed by atoms with Crippen molar-refractivity contribution in [3.63, 3.8) is 0 Å². The van der Waals surface area contributed by atoms with Gasteiger partial charge in [0.25, 0.3) is 0 Å². The van der Waals surface area contributed by atoms with Crippen LogP contribution in [0.15, 0.2) is 11.6 Å². The minimum absolute atomic E-state index is 0.0961. The lowest BCUT2D eigenvalue weighted by Crippen LogP contribution is -2.51. The fraction of sp³-hybridized carbons (Fsp3) is 0.867. The summed E-state index contributed by atoms with van der Waals surface area (Å²) in [4.78, 5) is 0. The van der Waals surface area contributed by atoms with Gasteiger partial charge in [0, 0.05) is 6.61 Å². The van der Waals surface area contributed by atoms with Gasteiger partial charge in [-0.25, -0.2) is 0 Å². The molecule has 0 aromatic carbocycles. The fourth-order valence-corrected chi connectivity index (χ4v) is 4.26. The molecule has 2 rings (SSSR count). The van der Waals surface area contributed by atoms with E-state index in [1.165, 1.54) is 12.8 Å². The molecule has 2 aliphatic carbocycles. The molecule has 2 saturated carbocycles. The second kappa shape index (κ2) is 4.74. The van der Waals surface area contributed by atoms with Crippen molar-refractivity contribution in [2.24, 2.45) is 29.1 Å². The van der Waals surface area contributed by atoms with E-state index in [9.17, 15) is 5.11 Å². The Bertz CT molecular complexity index is 306. The van der Waals surface area contributed by atoms with Gasteiger partial charge in [-0.3, -0.25) is 0 Å². The van der Waals surface area contributed by atoms with E-state index in [1.807, 2.05) is 0 Å². The van der Waals surface area contributed by atoms with Crippen LogP contribution in [0, 0.1) is 29.1 Å². The van der Waals surface area contributed by atoms with Crippen molar-refractivity contribution in [3.8, 4) is 0 Å². The molecule has 0 heterocycles. The van der Waals surface area contributed by atoms with Crippen LogP contribution >= 0.6 is 0 Å². The van der Waals surface area contributed by atoms with Gasteiger partial charge in [-0.1, -0.05) is 33.3 Å². The average molecular weight is 238 g/mol. The number of fused-ring (bicyclic) bond motifs is 1. The highest BCUT2D eigenvalue weighted by Gasteiger charge is 2.58. The predicted molar refractivity (Wildman–Crippen MR) is 69.5 cm³/mol. The monoisotopic (exact) mass is 238 g/mol. The zero-order chi connectivity index (χ0) is 12.6. The van der Waals surface area contributed by atoms with Gasteiger partial charge in [-0.15, -0.1) is 0 Å². The van der Waals surface area contributed by atoms with Crippen LogP contribution in [0.5, 0.6) is 0 Å². The van der Waals surface area contributed by atoms with Crippen LogP contribution in [0.3, 0.4) is 0 Å². The maximum atomic E-state index is 9.32. The van der Waals surface area contributed by atoms with Crippen molar-refractivity contribution in [3.05, 3.63) is 11.6 Å². The molecule has 2 fully saturated rings. The molecule has 98 valence electrons. The van der Waals surface area contributed by atoms with Gasteiger partial charge in [0.15, 0.2) is 0 Å². The van der Waals surface area contributed by atoms with Gasteiger partial charge in [-0.05, 0) is 47.5 Å². The van der Waals surface area contributed by atoms with Gasteiger partial charge < -0.3 is 10.2 Å². The first kappa shape index (κ1) is 13.1. The van der Waals surface area contributed by atoms with Crippen LogP contribution in [0.4, 0.5) is 0 Å². The van der Waals surface area contributed by atoms with Gasteiger partial charge in [-0.2, -0.15) is 0 Å². The molecule has 0 saturated heterocycles. The summed E-state index contributed by atoms with van der Waals surface area (Å²) in [5, 5.41) is 18.3. The minimum atomic E-state index is 0.0961. The Morgan fingerprint density at radius 1 is 1.29 bits per heavy atom. The molecule has 4 atom stereocenters. The Kier molecular flexibility index (Phi) is 3.65. The largest absolute Gasteiger partial charge is 0.396 e. The van der Waals surface area contributed by atoms with Gasteiger partial charge >= 0.3 is 0 Å². The second-order valence-corrected chi connectivity index (χ2v) is 6.54. The summed E-state index contributed by atoms with van der Waals surface area (Å²) in [6.07, 6.45) is 5.61. The molecule has 0 aliphatic heterocycles. The van der Waals surface area contributed by atoms with E-state index >= 15 is 0 Å².